The van der Waals surface area contributed by atoms with E-state index in [4.69, 9.17) is 32.4 Å². The van der Waals surface area contributed by atoms with Crippen molar-refractivity contribution in [2.45, 2.75) is 51.2 Å². The van der Waals surface area contributed by atoms with E-state index in [9.17, 15) is 10.1 Å². The summed E-state index contributed by atoms with van der Waals surface area (Å²) in [6.45, 7) is 12.9. The van der Waals surface area contributed by atoms with Gasteiger partial charge in [-0.2, -0.15) is 5.26 Å². The monoisotopic (exact) mass is 568 g/mol. The van der Waals surface area contributed by atoms with Crippen molar-refractivity contribution in [2.75, 3.05) is 26.3 Å². The van der Waals surface area contributed by atoms with E-state index >= 15 is 0 Å². The van der Waals surface area contributed by atoms with Gasteiger partial charge in [0.05, 0.1) is 27.7 Å². The molecule has 1 amide bonds. The first-order valence-corrected chi connectivity index (χ1v) is 16.6. The molecule has 8 heteroatoms. The van der Waals surface area contributed by atoms with E-state index in [1.807, 2.05) is 41.3 Å². The summed E-state index contributed by atoms with van der Waals surface area (Å²) in [5.41, 5.74) is 1.83. The second-order valence-corrected chi connectivity index (χ2v) is 17.0. The van der Waals surface area contributed by atoms with Crippen LogP contribution in [0, 0.1) is 11.3 Å². The summed E-state index contributed by atoms with van der Waals surface area (Å²) >= 11 is 12.6. The van der Waals surface area contributed by atoms with Crippen LogP contribution in [0.5, 0.6) is 5.75 Å². The molecule has 0 bridgehead atoms. The predicted molar refractivity (Wildman–Crippen MR) is 157 cm³/mol. The fourth-order valence-corrected chi connectivity index (χ4v) is 5.90. The first kappa shape index (κ1) is 28.4. The highest BCUT2D eigenvalue weighted by Crippen LogP contribution is 2.38. The van der Waals surface area contributed by atoms with Crippen LogP contribution in [0.1, 0.15) is 54.6 Å². The number of nitriles is 1. The molecule has 0 unspecified atom stereocenters. The summed E-state index contributed by atoms with van der Waals surface area (Å²) in [5.74, 6) is 0.206. The maximum absolute atomic E-state index is 14.0. The molecule has 0 spiro atoms. The first-order chi connectivity index (χ1) is 17.9. The molecule has 3 aromatic carbocycles. The quantitative estimate of drug-likeness (QED) is 0.270. The molecule has 38 heavy (non-hydrogen) atoms. The van der Waals surface area contributed by atoms with Gasteiger partial charge in [-0.3, -0.25) is 4.79 Å². The highest BCUT2D eigenvalue weighted by atomic mass is 35.5. The third-order valence-corrected chi connectivity index (χ3v) is 13.1. The number of carbonyl (C=O) groups excluding carboxylic acids is 1. The highest BCUT2D eigenvalue weighted by Gasteiger charge is 2.37. The molecular weight excluding hydrogens is 535 g/mol. The molecule has 0 saturated carbocycles. The van der Waals surface area contributed by atoms with Crippen molar-refractivity contribution >= 4 is 48.2 Å². The summed E-state index contributed by atoms with van der Waals surface area (Å²) in [6, 6.07) is 17.3. The summed E-state index contributed by atoms with van der Waals surface area (Å²) in [4.78, 5) is 15.9. The second-order valence-electron chi connectivity index (χ2n) is 11.3. The second kappa shape index (κ2) is 11.3. The number of amides is 1. The lowest BCUT2D eigenvalue weighted by molar-refractivity contribution is 0.0740. The third kappa shape index (κ3) is 5.87. The Kier molecular flexibility index (Phi) is 8.44. The molecule has 0 fully saturated rings. The van der Waals surface area contributed by atoms with Crippen LogP contribution in [0.3, 0.4) is 0 Å². The maximum Gasteiger partial charge on any atom is 0.258 e. The molecule has 200 valence electrons. The number of benzene rings is 3. The molecule has 1 heterocycles. The van der Waals surface area contributed by atoms with Crippen molar-refractivity contribution in [3.8, 4) is 11.8 Å². The molecule has 0 N–H and O–H groups in total. The normalized spacial score (nSPS) is 15.0. The SMILES string of the molecule is CC(C)(C)[Si](C)(C)OCC[C@H](CN1CCOc2c(C#N)cc3ccccc3c2C1=O)c1ccc(Cl)c(Cl)c1. The minimum atomic E-state index is -1.93. The van der Waals surface area contributed by atoms with Gasteiger partial charge in [-0.05, 0) is 59.1 Å². The van der Waals surface area contributed by atoms with Gasteiger partial charge in [0.1, 0.15) is 12.7 Å². The molecule has 3 aromatic rings. The van der Waals surface area contributed by atoms with Crippen LogP contribution in [0.15, 0.2) is 48.5 Å². The summed E-state index contributed by atoms with van der Waals surface area (Å²) in [5, 5.41) is 12.5. The zero-order valence-electron chi connectivity index (χ0n) is 22.6. The van der Waals surface area contributed by atoms with Crippen molar-refractivity contribution in [1.82, 2.24) is 4.90 Å². The van der Waals surface area contributed by atoms with Crippen molar-refractivity contribution in [3.05, 3.63) is 75.3 Å². The van der Waals surface area contributed by atoms with Crippen LogP contribution in [0.4, 0.5) is 0 Å². The molecule has 5 nitrogen and oxygen atoms in total. The smallest absolute Gasteiger partial charge is 0.258 e. The van der Waals surface area contributed by atoms with Crippen LogP contribution in [-0.2, 0) is 4.43 Å². The Morgan fingerprint density at radius 3 is 2.55 bits per heavy atom. The predicted octanol–water partition coefficient (Wildman–Crippen LogP) is 8.05. The minimum Gasteiger partial charge on any atom is -0.489 e. The lowest BCUT2D eigenvalue weighted by atomic mass is 9.94. The lowest BCUT2D eigenvalue weighted by Gasteiger charge is -2.37. The van der Waals surface area contributed by atoms with Crippen molar-refractivity contribution in [2.24, 2.45) is 0 Å². The largest absolute Gasteiger partial charge is 0.489 e. The van der Waals surface area contributed by atoms with Gasteiger partial charge in [0.2, 0.25) is 0 Å². The zero-order valence-corrected chi connectivity index (χ0v) is 25.1. The van der Waals surface area contributed by atoms with Gasteiger partial charge in [0.15, 0.2) is 14.1 Å². The molecule has 1 aliphatic heterocycles. The zero-order chi connectivity index (χ0) is 27.7. The number of halogens is 2. The van der Waals surface area contributed by atoms with E-state index in [2.05, 4.69) is 39.9 Å². The molecule has 0 saturated heterocycles. The molecular formula is C30H34Cl2N2O3Si. The fourth-order valence-electron chi connectivity index (χ4n) is 4.53. The van der Waals surface area contributed by atoms with E-state index in [1.54, 1.807) is 12.1 Å². The molecule has 0 aromatic heterocycles. The Morgan fingerprint density at radius 1 is 1.13 bits per heavy atom. The van der Waals surface area contributed by atoms with Crippen molar-refractivity contribution in [3.63, 3.8) is 0 Å². The van der Waals surface area contributed by atoms with E-state index in [1.165, 1.54) is 0 Å². The average Bonchev–Trinajstić information content (AvgIpc) is 3.03. The number of nitrogens with zero attached hydrogens (tertiary/aromatic N) is 2. The number of fused-ring (bicyclic) bond motifs is 3. The van der Waals surface area contributed by atoms with Crippen LogP contribution in [0.2, 0.25) is 28.2 Å². The number of ether oxygens (including phenoxy) is 1. The Balaban J connectivity index is 1.67. The Hall–Kier alpha value is -2.56. The van der Waals surface area contributed by atoms with Gasteiger partial charge in [-0.1, -0.05) is 74.3 Å². The van der Waals surface area contributed by atoms with E-state index < -0.39 is 8.32 Å². The Morgan fingerprint density at radius 2 is 1.87 bits per heavy atom. The lowest BCUT2D eigenvalue weighted by Crippen LogP contribution is -2.41. The highest BCUT2D eigenvalue weighted by molar-refractivity contribution is 6.74. The van der Waals surface area contributed by atoms with Crippen LogP contribution < -0.4 is 4.74 Å². The van der Waals surface area contributed by atoms with Gasteiger partial charge < -0.3 is 14.1 Å². The van der Waals surface area contributed by atoms with E-state index in [-0.39, 0.29) is 16.9 Å². The number of carbonyl (C=O) groups is 1. The molecule has 4 rings (SSSR count). The maximum atomic E-state index is 14.0. The topological polar surface area (TPSA) is 62.6 Å². The summed E-state index contributed by atoms with van der Waals surface area (Å²) in [7, 11) is -1.93. The average molecular weight is 570 g/mol. The van der Waals surface area contributed by atoms with Gasteiger partial charge in [-0.25, -0.2) is 0 Å². The van der Waals surface area contributed by atoms with Crippen molar-refractivity contribution in [1.29, 1.82) is 5.26 Å². The van der Waals surface area contributed by atoms with Gasteiger partial charge >= 0.3 is 0 Å². The molecule has 0 aliphatic carbocycles. The fraction of sp³-hybridized carbons (Fsp3) is 0.400. The number of rotatable bonds is 7. The van der Waals surface area contributed by atoms with Gasteiger partial charge in [0, 0.05) is 19.1 Å². The van der Waals surface area contributed by atoms with Gasteiger partial charge in [-0.15, -0.1) is 0 Å². The van der Waals surface area contributed by atoms with Crippen molar-refractivity contribution < 1.29 is 14.0 Å². The molecule has 1 aliphatic rings. The Labute approximate surface area is 236 Å². The van der Waals surface area contributed by atoms with Gasteiger partial charge in [0.25, 0.3) is 5.91 Å². The summed E-state index contributed by atoms with van der Waals surface area (Å²) < 4.78 is 12.5. The van der Waals surface area contributed by atoms with E-state index in [0.29, 0.717) is 53.2 Å². The standard InChI is InChI=1S/C30H34Cl2N2O3Si/c1-30(2,3)38(4,5)37-14-12-22(20-10-11-25(31)26(32)17-20)19-34-13-15-36-28-23(18-33)16-21-8-6-7-9-24(21)27(28)29(34)35/h6-11,16-17,22H,12-15,19H2,1-5H3/t22-/m1/s1. The van der Waals surface area contributed by atoms with Crippen LogP contribution in [-0.4, -0.2) is 45.4 Å². The molecule has 1 atom stereocenters. The minimum absolute atomic E-state index is 0.0227. The first-order valence-electron chi connectivity index (χ1n) is 12.9. The number of hydrogen-bond donors (Lipinski definition) is 0. The summed E-state index contributed by atoms with van der Waals surface area (Å²) in [6.07, 6.45) is 0.723. The third-order valence-electron chi connectivity index (χ3n) is 7.82. The number of hydrogen-bond acceptors (Lipinski definition) is 4. The van der Waals surface area contributed by atoms with Crippen LogP contribution in [0.25, 0.3) is 10.8 Å². The Bertz CT molecular complexity index is 1390. The molecule has 0 radical (unpaired) electrons. The van der Waals surface area contributed by atoms with E-state index in [0.717, 1.165) is 22.8 Å². The van der Waals surface area contributed by atoms with Crippen LogP contribution >= 0.6 is 23.2 Å².